The average Bonchev–Trinajstić information content (AvgIpc) is 3.29. The molecule has 3 aromatic rings. The third-order valence-corrected chi connectivity index (χ3v) is 4.31. The maximum Gasteiger partial charge on any atom is 0.336 e. The van der Waals surface area contributed by atoms with Crippen LogP contribution >= 0.6 is 11.6 Å². The predicted molar refractivity (Wildman–Crippen MR) is 87.5 cm³/mol. The highest BCUT2D eigenvalue weighted by atomic mass is 35.5. The van der Waals surface area contributed by atoms with Gasteiger partial charge in [0.25, 0.3) is 0 Å². The van der Waals surface area contributed by atoms with Gasteiger partial charge >= 0.3 is 5.97 Å². The molecule has 0 bridgehead atoms. The number of pyridine rings is 1. The average molecular weight is 328 g/mol. The number of aromatic nitrogens is 3. The van der Waals surface area contributed by atoms with Gasteiger partial charge in [-0.1, -0.05) is 11.6 Å². The molecule has 2 aromatic heterocycles. The number of fused-ring (bicyclic) bond motifs is 1. The number of aryl methyl sites for hydroxylation is 1. The first-order valence-electron chi connectivity index (χ1n) is 7.44. The van der Waals surface area contributed by atoms with Crippen molar-refractivity contribution in [1.29, 1.82) is 0 Å². The number of carboxylic acids is 1. The SMILES string of the molecule is Cc1cc(C(=O)O)c2c(C3CC3)nn(-c3ccc(Cl)cc3)c2n1. The monoisotopic (exact) mass is 327 g/mol. The van der Waals surface area contributed by atoms with E-state index in [-0.39, 0.29) is 5.56 Å². The van der Waals surface area contributed by atoms with Gasteiger partial charge in [0.2, 0.25) is 0 Å². The fraction of sp³-hybridized carbons (Fsp3) is 0.235. The Balaban J connectivity index is 2.05. The van der Waals surface area contributed by atoms with E-state index < -0.39 is 5.97 Å². The summed E-state index contributed by atoms with van der Waals surface area (Å²) in [6.07, 6.45) is 2.08. The molecule has 0 aliphatic heterocycles. The van der Waals surface area contributed by atoms with Crippen molar-refractivity contribution in [3.8, 4) is 5.69 Å². The number of nitrogens with zero attached hydrogens (tertiary/aromatic N) is 3. The number of hydrogen-bond acceptors (Lipinski definition) is 3. The number of carboxylic acid groups (broad SMARTS) is 1. The summed E-state index contributed by atoms with van der Waals surface area (Å²) < 4.78 is 1.72. The molecule has 0 spiro atoms. The second-order valence-corrected chi connectivity index (χ2v) is 6.30. The van der Waals surface area contributed by atoms with Crippen LogP contribution in [0, 0.1) is 6.92 Å². The Morgan fingerprint density at radius 2 is 2.00 bits per heavy atom. The minimum absolute atomic E-state index is 0.273. The summed E-state index contributed by atoms with van der Waals surface area (Å²) >= 11 is 5.95. The van der Waals surface area contributed by atoms with Crippen LogP contribution in [0.4, 0.5) is 0 Å². The summed E-state index contributed by atoms with van der Waals surface area (Å²) in [4.78, 5) is 16.2. The molecule has 1 N–H and O–H groups in total. The Morgan fingerprint density at radius 1 is 1.30 bits per heavy atom. The molecular weight excluding hydrogens is 314 g/mol. The summed E-state index contributed by atoms with van der Waals surface area (Å²) in [5.41, 5.74) is 3.18. The van der Waals surface area contributed by atoms with Crippen molar-refractivity contribution in [2.75, 3.05) is 0 Å². The minimum Gasteiger partial charge on any atom is -0.478 e. The van der Waals surface area contributed by atoms with Gasteiger partial charge in [-0.3, -0.25) is 0 Å². The first-order chi connectivity index (χ1) is 11.0. The van der Waals surface area contributed by atoms with Crippen molar-refractivity contribution >= 4 is 28.6 Å². The number of halogens is 1. The fourth-order valence-electron chi connectivity index (χ4n) is 2.84. The van der Waals surface area contributed by atoms with Crippen molar-refractivity contribution < 1.29 is 9.90 Å². The van der Waals surface area contributed by atoms with E-state index in [9.17, 15) is 9.90 Å². The van der Waals surface area contributed by atoms with Gasteiger partial charge in [-0.05, 0) is 50.1 Å². The standard InChI is InChI=1S/C17H14ClN3O2/c1-9-8-13(17(22)23)14-15(10-2-3-10)20-21(16(14)19-9)12-6-4-11(18)5-7-12/h4-8,10H,2-3H2,1H3,(H,22,23). The maximum atomic E-state index is 11.7. The third kappa shape index (κ3) is 2.37. The summed E-state index contributed by atoms with van der Waals surface area (Å²) in [6, 6.07) is 8.90. The quantitative estimate of drug-likeness (QED) is 0.790. The Kier molecular flexibility index (Phi) is 3.13. The molecule has 0 amide bonds. The largest absolute Gasteiger partial charge is 0.478 e. The van der Waals surface area contributed by atoms with Crippen LogP contribution in [0.1, 0.15) is 40.5 Å². The molecule has 1 saturated carbocycles. The molecule has 0 radical (unpaired) electrons. The van der Waals surface area contributed by atoms with Gasteiger partial charge in [-0.15, -0.1) is 0 Å². The summed E-state index contributed by atoms with van der Waals surface area (Å²) in [5.74, 6) is -0.619. The Bertz CT molecular complexity index is 927. The molecule has 4 rings (SSSR count). The van der Waals surface area contributed by atoms with E-state index in [0.717, 1.165) is 24.2 Å². The van der Waals surface area contributed by atoms with Gasteiger partial charge in [0.05, 0.1) is 22.3 Å². The van der Waals surface area contributed by atoms with Crippen LogP contribution in [-0.2, 0) is 0 Å². The van der Waals surface area contributed by atoms with Gasteiger partial charge in [-0.2, -0.15) is 5.10 Å². The predicted octanol–water partition coefficient (Wildman–Crippen LogP) is 3.96. The molecule has 116 valence electrons. The molecule has 1 aliphatic carbocycles. The third-order valence-electron chi connectivity index (χ3n) is 4.06. The highest BCUT2D eigenvalue weighted by molar-refractivity contribution is 6.30. The molecule has 23 heavy (non-hydrogen) atoms. The van der Waals surface area contributed by atoms with Crippen LogP contribution in [0.5, 0.6) is 0 Å². The molecule has 1 fully saturated rings. The fourth-order valence-corrected chi connectivity index (χ4v) is 2.97. The summed E-state index contributed by atoms with van der Waals surface area (Å²) in [6.45, 7) is 1.79. The molecule has 0 atom stereocenters. The lowest BCUT2D eigenvalue weighted by molar-refractivity contribution is 0.0698. The smallest absolute Gasteiger partial charge is 0.336 e. The lowest BCUT2D eigenvalue weighted by Gasteiger charge is -2.04. The van der Waals surface area contributed by atoms with Crippen molar-refractivity contribution in [1.82, 2.24) is 14.8 Å². The van der Waals surface area contributed by atoms with E-state index in [1.165, 1.54) is 0 Å². The van der Waals surface area contributed by atoms with Gasteiger partial charge < -0.3 is 5.11 Å². The molecule has 0 saturated heterocycles. The first kappa shape index (κ1) is 14.2. The van der Waals surface area contributed by atoms with Gasteiger partial charge in [0.1, 0.15) is 0 Å². The zero-order valence-electron chi connectivity index (χ0n) is 12.5. The van der Waals surface area contributed by atoms with E-state index in [1.54, 1.807) is 29.8 Å². The number of hydrogen-bond donors (Lipinski definition) is 1. The van der Waals surface area contributed by atoms with Crippen LogP contribution < -0.4 is 0 Å². The lowest BCUT2D eigenvalue weighted by atomic mass is 10.1. The maximum absolute atomic E-state index is 11.7. The van der Waals surface area contributed by atoms with Crippen LogP contribution in [-0.4, -0.2) is 25.8 Å². The molecule has 2 heterocycles. The minimum atomic E-state index is -0.946. The van der Waals surface area contributed by atoms with Crippen molar-refractivity contribution in [3.63, 3.8) is 0 Å². The number of aromatic carboxylic acids is 1. The molecule has 0 unspecified atom stereocenters. The van der Waals surface area contributed by atoms with E-state index in [4.69, 9.17) is 11.6 Å². The highest BCUT2D eigenvalue weighted by Gasteiger charge is 2.32. The normalized spacial score (nSPS) is 14.3. The van der Waals surface area contributed by atoms with E-state index in [1.807, 2.05) is 12.1 Å². The van der Waals surface area contributed by atoms with E-state index in [0.29, 0.717) is 27.7 Å². The Labute approximate surface area is 137 Å². The zero-order chi connectivity index (χ0) is 16.1. The molecule has 1 aliphatic rings. The van der Waals surface area contributed by atoms with Gasteiger partial charge in [0.15, 0.2) is 5.65 Å². The first-order valence-corrected chi connectivity index (χ1v) is 7.82. The number of carbonyl (C=O) groups is 1. The summed E-state index contributed by atoms with van der Waals surface area (Å²) in [5, 5.41) is 15.5. The number of benzene rings is 1. The van der Waals surface area contributed by atoms with Crippen molar-refractivity contribution in [2.45, 2.75) is 25.7 Å². The summed E-state index contributed by atoms with van der Waals surface area (Å²) in [7, 11) is 0. The topological polar surface area (TPSA) is 68.0 Å². The van der Waals surface area contributed by atoms with Gasteiger partial charge in [0, 0.05) is 16.6 Å². The van der Waals surface area contributed by atoms with Crippen molar-refractivity contribution in [3.05, 3.63) is 52.3 Å². The highest BCUT2D eigenvalue weighted by Crippen LogP contribution is 2.43. The second-order valence-electron chi connectivity index (χ2n) is 5.86. The Hall–Kier alpha value is -2.40. The van der Waals surface area contributed by atoms with Crippen molar-refractivity contribution in [2.24, 2.45) is 0 Å². The van der Waals surface area contributed by atoms with Crippen LogP contribution in [0.25, 0.3) is 16.7 Å². The van der Waals surface area contributed by atoms with Crippen LogP contribution in [0.2, 0.25) is 5.02 Å². The second kappa shape index (κ2) is 5.06. The zero-order valence-corrected chi connectivity index (χ0v) is 13.2. The molecular formula is C17H14ClN3O2. The molecule has 6 heteroatoms. The van der Waals surface area contributed by atoms with Gasteiger partial charge in [-0.25, -0.2) is 14.5 Å². The van der Waals surface area contributed by atoms with Crippen LogP contribution in [0.3, 0.4) is 0 Å². The Morgan fingerprint density at radius 3 is 2.61 bits per heavy atom. The molecule has 5 nitrogen and oxygen atoms in total. The van der Waals surface area contributed by atoms with E-state index >= 15 is 0 Å². The van der Waals surface area contributed by atoms with Crippen LogP contribution in [0.15, 0.2) is 30.3 Å². The molecule has 1 aromatic carbocycles. The van der Waals surface area contributed by atoms with E-state index in [2.05, 4.69) is 10.1 Å². The lowest BCUT2D eigenvalue weighted by Crippen LogP contribution is -2.02. The number of rotatable bonds is 3.